The molecule has 1 saturated heterocycles. The highest BCUT2D eigenvalue weighted by molar-refractivity contribution is 6.10. The minimum absolute atomic E-state index is 0.0549. The molecule has 0 radical (unpaired) electrons. The highest BCUT2D eigenvalue weighted by atomic mass is 19.4. The Kier molecular flexibility index (Phi) is 4.65. The van der Waals surface area contributed by atoms with Crippen molar-refractivity contribution in [2.45, 2.75) is 50.7 Å². The van der Waals surface area contributed by atoms with E-state index in [9.17, 15) is 18.0 Å². The van der Waals surface area contributed by atoms with Gasteiger partial charge < -0.3 is 14.6 Å². The normalized spacial score (nSPS) is 20.0. The number of likely N-dealkylation sites (tertiary alicyclic amines) is 1. The summed E-state index contributed by atoms with van der Waals surface area (Å²) < 4.78 is 45.0. The lowest BCUT2D eigenvalue weighted by Crippen LogP contribution is -2.29. The number of hydrogen-bond donors (Lipinski definition) is 1. The number of carbonyl (C=O) groups excluding carboxylic acids is 1. The maximum atomic E-state index is 13.5. The Morgan fingerprint density at radius 3 is 2.78 bits per heavy atom. The van der Waals surface area contributed by atoms with Crippen molar-refractivity contribution in [3.8, 4) is 0 Å². The van der Waals surface area contributed by atoms with E-state index in [4.69, 9.17) is 4.42 Å². The van der Waals surface area contributed by atoms with Crippen LogP contribution in [0.5, 0.6) is 0 Å². The van der Waals surface area contributed by atoms with Gasteiger partial charge in [-0.2, -0.15) is 13.2 Å². The standard InChI is InChI=1S/C22H22F3N5O2/c1-12-16(17-18(29-21(2)5-6-21)27-11-28-19(17)32-12)20(31)30-8-4-13(10-30)15-9-14(3-7-26-15)22(23,24)25/h3,7,9,11,13H,4-6,8,10H2,1-2H3,(H,27,28,29). The molecule has 0 aromatic carbocycles. The number of aryl methyl sites for hydroxylation is 1. The van der Waals surface area contributed by atoms with E-state index >= 15 is 0 Å². The van der Waals surface area contributed by atoms with Gasteiger partial charge in [-0.05, 0) is 45.2 Å². The van der Waals surface area contributed by atoms with Gasteiger partial charge in [-0.3, -0.25) is 9.78 Å². The third-order valence-corrected chi connectivity index (χ3v) is 6.30. The maximum absolute atomic E-state index is 13.5. The predicted octanol–water partition coefficient (Wildman–Crippen LogP) is 4.54. The Hall–Kier alpha value is -3.17. The van der Waals surface area contributed by atoms with E-state index in [0.29, 0.717) is 46.9 Å². The Morgan fingerprint density at radius 2 is 2.06 bits per heavy atom. The molecule has 0 bridgehead atoms. The van der Waals surface area contributed by atoms with Crippen molar-refractivity contribution < 1.29 is 22.4 Å². The number of alkyl halides is 3. The molecule has 2 aliphatic rings. The average molecular weight is 445 g/mol. The molecule has 1 atom stereocenters. The third-order valence-electron chi connectivity index (χ3n) is 6.30. The fraction of sp³-hybridized carbons (Fsp3) is 0.455. The van der Waals surface area contributed by atoms with E-state index < -0.39 is 11.7 Å². The summed E-state index contributed by atoms with van der Waals surface area (Å²) in [4.78, 5) is 27.7. The summed E-state index contributed by atoms with van der Waals surface area (Å²) in [5, 5.41) is 3.94. The van der Waals surface area contributed by atoms with Crippen LogP contribution in [0.3, 0.4) is 0 Å². The van der Waals surface area contributed by atoms with Gasteiger partial charge in [0.1, 0.15) is 17.9 Å². The van der Waals surface area contributed by atoms with Crippen molar-refractivity contribution in [1.82, 2.24) is 19.9 Å². The number of anilines is 1. The van der Waals surface area contributed by atoms with Crippen molar-refractivity contribution in [3.05, 3.63) is 47.2 Å². The SMILES string of the molecule is Cc1oc2ncnc(NC3(C)CC3)c2c1C(=O)N1CCC(c2cc(C(F)(F)F)ccn2)C1. The lowest BCUT2D eigenvalue weighted by atomic mass is 10.0. The summed E-state index contributed by atoms with van der Waals surface area (Å²) in [5.74, 6) is 0.495. The zero-order valence-corrected chi connectivity index (χ0v) is 17.7. The van der Waals surface area contributed by atoms with E-state index in [2.05, 4.69) is 27.2 Å². The van der Waals surface area contributed by atoms with Crippen LogP contribution >= 0.6 is 0 Å². The van der Waals surface area contributed by atoms with Crippen molar-refractivity contribution in [3.63, 3.8) is 0 Å². The molecule has 2 fully saturated rings. The van der Waals surface area contributed by atoms with Gasteiger partial charge in [-0.25, -0.2) is 9.97 Å². The molecule has 1 unspecified atom stereocenters. The zero-order chi connectivity index (χ0) is 22.7. The number of aromatic nitrogens is 3. The van der Waals surface area contributed by atoms with E-state index in [0.717, 1.165) is 25.0 Å². The number of nitrogens with one attached hydrogen (secondary N) is 1. The first-order valence-corrected chi connectivity index (χ1v) is 10.5. The third kappa shape index (κ3) is 3.67. The molecule has 10 heteroatoms. The summed E-state index contributed by atoms with van der Waals surface area (Å²) in [6.07, 6.45) is 0.699. The van der Waals surface area contributed by atoms with Gasteiger partial charge in [0.2, 0.25) is 5.71 Å². The lowest BCUT2D eigenvalue weighted by Gasteiger charge is -2.18. The van der Waals surface area contributed by atoms with E-state index in [-0.39, 0.29) is 23.9 Å². The summed E-state index contributed by atoms with van der Waals surface area (Å²) in [5.41, 5.74) is 0.287. The van der Waals surface area contributed by atoms with E-state index in [1.54, 1.807) is 11.8 Å². The van der Waals surface area contributed by atoms with Crippen LogP contribution in [0.2, 0.25) is 0 Å². The molecule has 1 saturated carbocycles. The molecule has 7 nitrogen and oxygen atoms in total. The Morgan fingerprint density at radius 1 is 1.28 bits per heavy atom. The second-order valence-electron chi connectivity index (χ2n) is 8.83. The number of nitrogens with zero attached hydrogens (tertiary/aromatic N) is 4. The smallest absolute Gasteiger partial charge is 0.416 e. The van der Waals surface area contributed by atoms with E-state index in [1.807, 2.05) is 0 Å². The molecule has 1 aliphatic carbocycles. The number of furan rings is 1. The average Bonchev–Trinajstić information content (AvgIpc) is 3.15. The zero-order valence-electron chi connectivity index (χ0n) is 17.7. The van der Waals surface area contributed by atoms with Crippen molar-refractivity contribution in [1.29, 1.82) is 0 Å². The van der Waals surface area contributed by atoms with Gasteiger partial charge in [0, 0.05) is 36.4 Å². The molecule has 4 heterocycles. The summed E-state index contributed by atoms with van der Waals surface area (Å²) in [7, 11) is 0. The maximum Gasteiger partial charge on any atom is 0.416 e. The van der Waals surface area contributed by atoms with Crippen LogP contribution in [0.4, 0.5) is 19.0 Å². The molecule has 32 heavy (non-hydrogen) atoms. The molecule has 1 aliphatic heterocycles. The van der Waals surface area contributed by atoms with Crippen LogP contribution in [-0.2, 0) is 6.18 Å². The lowest BCUT2D eigenvalue weighted by molar-refractivity contribution is -0.137. The molecule has 3 aromatic heterocycles. The van der Waals surface area contributed by atoms with Gasteiger partial charge in [0.25, 0.3) is 5.91 Å². The minimum Gasteiger partial charge on any atom is -0.442 e. The molecule has 1 N–H and O–H groups in total. The van der Waals surface area contributed by atoms with Crippen molar-refractivity contribution in [2.75, 3.05) is 18.4 Å². The van der Waals surface area contributed by atoms with Gasteiger partial charge >= 0.3 is 6.18 Å². The first kappa shape index (κ1) is 20.7. The molecule has 168 valence electrons. The minimum atomic E-state index is -4.43. The number of halogens is 3. The van der Waals surface area contributed by atoms with Gasteiger partial charge in [-0.1, -0.05) is 0 Å². The van der Waals surface area contributed by atoms with Crippen LogP contribution < -0.4 is 5.32 Å². The van der Waals surface area contributed by atoms with Crippen LogP contribution in [-0.4, -0.2) is 44.4 Å². The number of pyridine rings is 1. The first-order chi connectivity index (χ1) is 15.1. The van der Waals surface area contributed by atoms with E-state index in [1.165, 1.54) is 12.5 Å². The predicted molar refractivity (Wildman–Crippen MR) is 110 cm³/mol. The van der Waals surface area contributed by atoms with Crippen LogP contribution in [0.25, 0.3) is 11.1 Å². The number of carbonyl (C=O) groups is 1. The highest BCUT2D eigenvalue weighted by Gasteiger charge is 2.39. The largest absolute Gasteiger partial charge is 0.442 e. The Labute approximate surface area is 182 Å². The highest BCUT2D eigenvalue weighted by Crippen LogP contribution is 2.41. The fourth-order valence-corrected chi connectivity index (χ4v) is 4.19. The van der Waals surface area contributed by atoms with Gasteiger partial charge in [-0.15, -0.1) is 0 Å². The second kappa shape index (κ2) is 7.18. The molecule has 5 rings (SSSR count). The summed E-state index contributed by atoms with van der Waals surface area (Å²) in [6, 6.07) is 2.03. The second-order valence-corrected chi connectivity index (χ2v) is 8.83. The monoisotopic (exact) mass is 445 g/mol. The fourth-order valence-electron chi connectivity index (χ4n) is 4.19. The van der Waals surface area contributed by atoms with Crippen LogP contribution in [0.15, 0.2) is 29.1 Å². The number of amides is 1. The summed E-state index contributed by atoms with van der Waals surface area (Å²) >= 11 is 0. The quantitative estimate of drug-likeness (QED) is 0.635. The number of fused-ring (bicyclic) bond motifs is 1. The van der Waals surface area contributed by atoms with Gasteiger partial charge in [0.15, 0.2) is 0 Å². The van der Waals surface area contributed by atoms with Crippen LogP contribution in [0, 0.1) is 6.92 Å². The Bertz CT molecular complexity index is 1200. The first-order valence-electron chi connectivity index (χ1n) is 10.5. The number of rotatable bonds is 4. The summed E-state index contributed by atoms with van der Waals surface area (Å²) in [6.45, 7) is 4.50. The van der Waals surface area contributed by atoms with Crippen LogP contribution in [0.1, 0.15) is 59.5 Å². The number of hydrogen-bond acceptors (Lipinski definition) is 6. The van der Waals surface area contributed by atoms with Crippen molar-refractivity contribution in [2.24, 2.45) is 0 Å². The van der Waals surface area contributed by atoms with Gasteiger partial charge in [0.05, 0.1) is 16.5 Å². The van der Waals surface area contributed by atoms with Crippen molar-refractivity contribution >= 4 is 22.8 Å². The topological polar surface area (TPSA) is 84.2 Å². The molecule has 0 spiro atoms. The molecular weight excluding hydrogens is 423 g/mol. The molecule has 3 aromatic rings. The molecule has 1 amide bonds. The molecular formula is C22H22F3N5O2. The Balaban J connectivity index is 1.43.